The normalized spacial score (nSPS) is 12.4. The maximum absolute atomic E-state index is 5.96. The maximum Gasteiger partial charge on any atom is 0.180 e. The molecule has 16 heavy (non-hydrogen) atoms. The molecule has 0 bridgehead atoms. The molecule has 0 aliphatic rings. The van der Waals surface area contributed by atoms with Crippen LogP contribution in [0.5, 0.6) is 0 Å². The van der Waals surface area contributed by atoms with Crippen molar-refractivity contribution in [2.45, 2.75) is 0 Å². The Hall–Kier alpha value is -0.420. The highest BCUT2D eigenvalue weighted by Crippen LogP contribution is 2.29. The van der Waals surface area contributed by atoms with Crippen molar-refractivity contribution in [2.75, 3.05) is 6.26 Å². The topological polar surface area (TPSA) is 50.7 Å². The van der Waals surface area contributed by atoms with E-state index in [4.69, 9.17) is 40.5 Å². The molecule has 0 radical (unpaired) electrons. The molecule has 1 aromatic rings. The number of nitrogens with two attached hydrogens (primary N) is 1. The Labute approximate surface area is 113 Å². The van der Waals surface area contributed by atoms with E-state index in [1.165, 1.54) is 18.0 Å². The van der Waals surface area contributed by atoms with Crippen LogP contribution in [0.15, 0.2) is 22.3 Å². The first kappa shape index (κ1) is 13.6. The van der Waals surface area contributed by atoms with Gasteiger partial charge >= 0.3 is 0 Å². The summed E-state index contributed by atoms with van der Waals surface area (Å²) in [7, 11) is 0. The first-order valence-electron chi connectivity index (χ1n) is 4.10. The molecule has 0 atom stereocenters. The summed E-state index contributed by atoms with van der Waals surface area (Å²) in [5.41, 5.74) is 5.97. The van der Waals surface area contributed by atoms with E-state index in [-0.39, 0.29) is 0 Å². The largest absolute Gasteiger partial charge is 0.377 e. The van der Waals surface area contributed by atoms with Crippen molar-refractivity contribution in [1.29, 1.82) is 0 Å². The smallest absolute Gasteiger partial charge is 0.180 e. The van der Waals surface area contributed by atoms with Crippen LogP contribution in [-0.2, 0) is 0 Å². The van der Waals surface area contributed by atoms with Crippen molar-refractivity contribution >= 4 is 57.9 Å². The number of hydrogen-bond acceptors (Lipinski definition) is 3. The molecular formula is C9H8Cl3N3S. The monoisotopic (exact) mass is 295 g/mol. The Morgan fingerprint density at radius 2 is 1.94 bits per heavy atom. The summed E-state index contributed by atoms with van der Waals surface area (Å²) in [6, 6.07) is 3.25. The van der Waals surface area contributed by atoms with Crippen molar-refractivity contribution in [3.05, 3.63) is 32.8 Å². The Balaban J connectivity index is 3.02. The lowest BCUT2D eigenvalue weighted by Crippen LogP contribution is -2.04. The average molecular weight is 297 g/mol. The second-order valence-corrected chi connectivity index (χ2v) is 4.66. The van der Waals surface area contributed by atoms with Gasteiger partial charge in [0.2, 0.25) is 0 Å². The molecule has 0 aliphatic heterocycles. The van der Waals surface area contributed by atoms with Crippen LogP contribution >= 0.6 is 46.6 Å². The number of hydrogen-bond donors (Lipinski definition) is 1. The highest BCUT2D eigenvalue weighted by atomic mass is 35.5. The Morgan fingerprint density at radius 3 is 2.56 bits per heavy atom. The van der Waals surface area contributed by atoms with E-state index >= 15 is 0 Å². The van der Waals surface area contributed by atoms with Gasteiger partial charge in [0, 0.05) is 5.56 Å². The molecule has 0 amide bonds. The zero-order valence-corrected chi connectivity index (χ0v) is 11.3. The summed E-state index contributed by atoms with van der Waals surface area (Å²) in [6.45, 7) is 0. The van der Waals surface area contributed by atoms with Gasteiger partial charge in [-0.1, -0.05) is 46.6 Å². The fourth-order valence-corrected chi connectivity index (χ4v) is 1.61. The van der Waals surface area contributed by atoms with Crippen LogP contribution in [-0.4, -0.2) is 17.6 Å². The molecule has 1 aromatic carbocycles. The minimum Gasteiger partial charge on any atom is -0.377 e. The SMILES string of the molecule is CS/C(N)=N/N=C\c1c(Cl)ccc(Cl)c1Cl. The van der Waals surface area contributed by atoms with Gasteiger partial charge in [0.25, 0.3) is 0 Å². The summed E-state index contributed by atoms with van der Waals surface area (Å²) >= 11 is 19.0. The number of rotatable bonds is 2. The molecule has 0 heterocycles. The quantitative estimate of drug-likeness (QED) is 0.392. The van der Waals surface area contributed by atoms with E-state index in [9.17, 15) is 0 Å². The summed E-state index contributed by atoms with van der Waals surface area (Å²) in [4.78, 5) is 0. The van der Waals surface area contributed by atoms with Gasteiger partial charge in [-0.15, -0.1) is 5.10 Å². The maximum atomic E-state index is 5.96. The zero-order chi connectivity index (χ0) is 12.1. The molecule has 0 aromatic heterocycles. The molecule has 2 N–H and O–H groups in total. The van der Waals surface area contributed by atoms with E-state index in [1.54, 1.807) is 18.4 Å². The van der Waals surface area contributed by atoms with E-state index in [0.29, 0.717) is 25.8 Å². The van der Waals surface area contributed by atoms with Gasteiger partial charge in [-0.25, -0.2) is 0 Å². The molecule has 7 heteroatoms. The van der Waals surface area contributed by atoms with Gasteiger partial charge in [-0.05, 0) is 18.4 Å². The van der Waals surface area contributed by atoms with Gasteiger partial charge < -0.3 is 5.73 Å². The van der Waals surface area contributed by atoms with Gasteiger partial charge in [-0.2, -0.15) is 5.10 Å². The van der Waals surface area contributed by atoms with Crippen LogP contribution in [0.2, 0.25) is 15.1 Å². The minimum atomic E-state index is 0.343. The number of halogens is 3. The summed E-state index contributed by atoms with van der Waals surface area (Å²) in [5.74, 6) is 0. The molecule has 0 unspecified atom stereocenters. The van der Waals surface area contributed by atoms with Crippen LogP contribution in [0.25, 0.3) is 0 Å². The van der Waals surface area contributed by atoms with Gasteiger partial charge in [0.1, 0.15) is 0 Å². The van der Waals surface area contributed by atoms with E-state index in [2.05, 4.69) is 10.2 Å². The summed E-state index contributed by atoms with van der Waals surface area (Å²) in [5, 5.41) is 9.04. The zero-order valence-electron chi connectivity index (χ0n) is 8.25. The third kappa shape index (κ3) is 3.56. The van der Waals surface area contributed by atoms with Crippen molar-refractivity contribution in [3.63, 3.8) is 0 Å². The first-order chi connectivity index (χ1) is 7.56. The molecule has 0 aliphatic carbocycles. The lowest BCUT2D eigenvalue weighted by Gasteiger charge is -2.01. The molecule has 0 saturated carbocycles. The predicted molar refractivity (Wildman–Crippen MR) is 74.2 cm³/mol. The minimum absolute atomic E-state index is 0.343. The third-order valence-electron chi connectivity index (χ3n) is 1.63. The summed E-state index contributed by atoms with van der Waals surface area (Å²) < 4.78 is 0. The van der Waals surface area contributed by atoms with Crippen LogP contribution in [0.1, 0.15) is 5.56 Å². The van der Waals surface area contributed by atoms with Crippen LogP contribution in [0.3, 0.4) is 0 Å². The highest BCUT2D eigenvalue weighted by molar-refractivity contribution is 8.13. The molecule has 3 nitrogen and oxygen atoms in total. The Kier molecular flexibility index (Phi) is 5.41. The van der Waals surface area contributed by atoms with E-state index < -0.39 is 0 Å². The molecule has 0 spiro atoms. The van der Waals surface area contributed by atoms with E-state index in [1.807, 2.05) is 0 Å². The van der Waals surface area contributed by atoms with Crippen molar-refractivity contribution in [1.82, 2.24) is 0 Å². The van der Waals surface area contributed by atoms with E-state index in [0.717, 1.165) is 0 Å². The predicted octanol–water partition coefficient (Wildman–Crippen LogP) is 3.66. The Bertz CT molecular complexity index is 446. The molecule has 0 saturated heterocycles. The standard InChI is InChI=1S/C9H8Cl3N3S/c1-16-9(13)15-14-4-5-6(10)2-3-7(11)8(5)12/h2-4H,1H3,(H2,13,15)/b14-4-. The number of thioether (sulfide) groups is 1. The number of benzene rings is 1. The third-order valence-corrected chi connectivity index (χ3v) is 3.28. The summed E-state index contributed by atoms with van der Waals surface area (Å²) in [6.07, 6.45) is 3.22. The van der Waals surface area contributed by atoms with Crippen molar-refractivity contribution in [3.8, 4) is 0 Å². The number of nitrogens with zero attached hydrogens (tertiary/aromatic N) is 2. The van der Waals surface area contributed by atoms with Crippen LogP contribution < -0.4 is 5.73 Å². The first-order valence-corrected chi connectivity index (χ1v) is 6.46. The fourth-order valence-electron chi connectivity index (χ4n) is 0.845. The highest BCUT2D eigenvalue weighted by Gasteiger charge is 2.06. The average Bonchev–Trinajstić information content (AvgIpc) is 2.28. The van der Waals surface area contributed by atoms with Gasteiger partial charge in [0.15, 0.2) is 5.17 Å². The lowest BCUT2D eigenvalue weighted by molar-refractivity contribution is 1.25. The molecule has 86 valence electrons. The fraction of sp³-hybridized carbons (Fsp3) is 0.111. The lowest BCUT2D eigenvalue weighted by atomic mass is 10.2. The van der Waals surface area contributed by atoms with Crippen LogP contribution in [0, 0.1) is 0 Å². The second-order valence-electron chi connectivity index (χ2n) is 2.64. The molecular weight excluding hydrogens is 289 g/mol. The van der Waals surface area contributed by atoms with Crippen molar-refractivity contribution < 1.29 is 0 Å². The second kappa shape index (κ2) is 6.35. The van der Waals surface area contributed by atoms with Crippen LogP contribution in [0.4, 0.5) is 0 Å². The van der Waals surface area contributed by atoms with Gasteiger partial charge in [0.05, 0.1) is 21.3 Å². The van der Waals surface area contributed by atoms with Gasteiger partial charge in [-0.3, -0.25) is 0 Å². The molecule has 1 rings (SSSR count). The molecule has 0 fully saturated rings. The Morgan fingerprint density at radius 1 is 1.31 bits per heavy atom. The number of amidine groups is 1. The van der Waals surface area contributed by atoms with Crippen molar-refractivity contribution in [2.24, 2.45) is 15.9 Å².